The number of rotatable bonds is 8. The molecule has 4 aromatic rings. The number of nitrogens with zero attached hydrogens (tertiary/aromatic N) is 3. The molecule has 0 saturated carbocycles. The summed E-state index contributed by atoms with van der Waals surface area (Å²) in [7, 11) is 1.64. The summed E-state index contributed by atoms with van der Waals surface area (Å²) in [6.07, 6.45) is 2.35. The van der Waals surface area contributed by atoms with Crippen LogP contribution in [0.3, 0.4) is 0 Å². The smallest absolute Gasteiger partial charge is 0.276 e. The number of amides is 2. The van der Waals surface area contributed by atoms with Crippen LogP contribution in [-0.2, 0) is 11.3 Å². The van der Waals surface area contributed by atoms with E-state index in [1.807, 2.05) is 55.5 Å². The minimum atomic E-state index is -0.371. The Bertz CT molecular complexity index is 1470. The van der Waals surface area contributed by atoms with E-state index in [-0.39, 0.29) is 30.2 Å². The number of aromatic nitrogens is 2. The maximum absolute atomic E-state index is 13.2. The number of nitrogens with one attached hydrogen (secondary N) is 1. The van der Waals surface area contributed by atoms with Gasteiger partial charge in [-0.25, -0.2) is 9.97 Å². The Morgan fingerprint density at radius 3 is 2.71 bits per heavy atom. The Morgan fingerprint density at radius 2 is 1.97 bits per heavy atom. The maximum Gasteiger partial charge on any atom is 0.276 e. The van der Waals surface area contributed by atoms with E-state index in [1.165, 1.54) is 11.3 Å². The Morgan fingerprint density at radius 1 is 1.16 bits per heavy atom. The van der Waals surface area contributed by atoms with Crippen molar-refractivity contribution in [3.05, 3.63) is 83.0 Å². The predicted octanol–water partition coefficient (Wildman–Crippen LogP) is 5.31. The molecule has 194 valence electrons. The van der Waals surface area contributed by atoms with E-state index >= 15 is 0 Å². The second-order valence-electron chi connectivity index (χ2n) is 8.90. The number of carbonyl (C=O) groups is 2. The number of hydrogen-bond donors (Lipinski definition) is 2. The van der Waals surface area contributed by atoms with Gasteiger partial charge >= 0.3 is 0 Å². The highest BCUT2D eigenvalue weighted by atomic mass is 32.1. The Kier molecular flexibility index (Phi) is 7.48. The fourth-order valence-corrected chi connectivity index (χ4v) is 5.47. The predicted molar refractivity (Wildman–Crippen MR) is 147 cm³/mol. The van der Waals surface area contributed by atoms with Crippen LogP contribution in [0.5, 0.6) is 5.75 Å². The summed E-state index contributed by atoms with van der Waals surface area (Å²) in [5, 5.41) is 15.0. The average molecular weight is 529 g/mol. The largest absolute Gasteiger partial charge is 0.496 e. The number of methoxy groups -OCH3 is 1. The number of anilines is 1. The highest BCUT2D eigenvalue weighted by Gasteiger charge is 2.36. The minimum absolute atomic E-state index is 0.0119. The molecular weight excluding hydrogens is 500 g/mol. The molecule has 0 fully saturated rings. The van der Waals surface area contributed by atoms with Crippen LogP contribution in [0.4, 0.5) is 5.13 Å². The number of aliphatic hydroxyl groups excluding tert-OH is 1. The van der Waals surface area contributed by atoms with E-state index in [0.29, 0.717) is 30.2 Å². The molecule has 0 aliphatic carbocycles. The first-order valence-corrected chi connectivity index (χ1v) is 13.3. The third-order valence-corrected chi connectivity index (χ3v) is 7.35. The van der Waals surface area contributed by atoms with Crippen LogP contribution < -0.4 is 10.1 Å². The van der Waals surface area contributed by atoms with Crippen molar-refractivity contribution in [2.24, 2.45) is 0 Å². The number of carbonyl (C=O) groups excluding carboxylic acids is 2. The third kappa shape index (κ3) is 4.90. The standard InChI is InChI=1S/C29H28N4O4S/c1-3-25(35)33-17-20-16-22(28(36)32-29-30-12-14-38-29)31-27(26(20)23(33)11-13-34)19-8-6-7-18(15-19)21-9-4-5-10-24(21)37-2/h4-10,12,14-16,23,34H,3,11,13,17H2,1-2H3,(H,30,32,36)/t23-/m1/s1. The van der Waals surface area contributed by atoms with Gasteiger partial charge in [-0.05, 0) is 35.7 Å². The topological polar surface area (TPSA) is 105 Å². The van der Waals surface area contributed by atoms with E-state index in [4.69, 9.17) is 9.72 Å². The van der Waals surface area contributed by atoms with Crippen LogP contribution in [0.2, 0.25) is 0 Å². The van der Waals surface area contributed by atoms with Crippen molar-refractivity contribution in [3.8, 4) is 28.1 Å². The monoisotopic (exact) mass is 528 g/mol. The van der Waals surface area contributed by atoms with Crippen LogP contribution >= 0.6 is 11.3 Å². The lowest BCUT2D eigenvalue weighted by Crippen LogP contribution is -2.29. The summed E-state index contributed by atoms with van der Waals surface area (Å²) in [4.78, 5) is 36.8. The van der Waals surface area contributed by atoms with E-state index < -0.39 is 0 Å². The van der Waals surface area contributed by atoms with Crippen LogP contribution in [0.25, 0.3) is 22.4 Å². The molecule has 2 amide bonds. The fourth-order valence-electron chi connectivity index (χ4n) is 4.95. The van der Waals surface area contributed by atoms with Crippen molar-refractivity contribution in [1.82, 2.24) is 14.9 Å². The summed E-state index contributed by atoms with van der Waals surface area (Å²) < 4.78 is 5.58. The highest BCUT2D eigenvalue weighted by Crippen LogP contribution is 2.43. The van der Waals surface area contributed by atoms with E-state index in [0.717, 1.165) is 33.6 Å². The van der Waals surface area contributed by atoms with Crippen molar-refractivity contribution in [3.63, 3.8) is 0 Å². The second-order valence-corrected chi connectivity index (χ2v) is 9.80. The zero-order valence-corrected chi connectivity index (χ0v) is 22.0. The van der Waals surface area contributed by atoms with Crippen LogP contribution in [-0.4, -0.2) is 45.5 Å². The van der Waals surface area contributed by atoms with E-state index in [1.54, 1.807) is 29.7 Å². The van der Waals surface area contributed by atoms with Crippen LogP contribution in [0.1, 0.15) is 47.4 Å². The molecular formula is C29H28N4O4S. The quantitative estimate of drug-likeness (QED) is 0.321. The molecule has 0 unspecified atom stereocenters. The van der Waals surface area contributed by atoms with Gasteiger partial charge in [-0.1, -0.05) is 43.3 Å². The molecule has 1 atom stereocenters. The van der Waals surface area contributed by atoms with E-state index in [9.17, 15) is 14.7 Å². The summed E-state index contributed by atoms with van der Waals surface area (Å²) in [5.41, 5.74) is 5.25. The van der Waals surface area contributed by atoms with Crippen LogP contribution in [0.15, 0.2) is 66.2 Å². The Balaban J connectivity index is 1.66. The molecule has 5 rings (SSSR count). The van der Waals surface area contributed by atoms with Gasteiger partial charge in [0.15, 0.2) is 5.13 Å². The number of pyridine rings is 1. The fraction of sp³-hybridized carbons (Fsp3) is 0.241. The average Bonchev–Trinajstić information content (AvgIpc) is 3.60. The minimum Gasteiger partial charge on any atom is -0.496 e. The molecule has 2 N–H and O–H groups in total. The Hall–Kier alpha value is -4.08. The number of hydrogen-bond acceptors (Lipinski definition) is 7. The first-order valence-electron chi connectivity index (χ1n) is 12.4. The first kappa shape index (κ1) is 25.6. The first-order chi connectivity index (χ1) is 18.5. The SMILES string of the molecule is CCC(=O)N1Cc2cc(C(=O)Nc3nccs3)nc(-c3cccc(-c4ccccc4OC)c3)c2[C@H]1CCO. The van der Waals surface area contributed by atoms with Gasteiger partial charge in [0.05, 0.1) is 18.8 Å². The van der Waals surface area contributed by atoms with E-state index in [2.05, 4.69) is 10.3 Å². The summed E-state index contributed by atoms with van der Waals surface area (Å²) in [6, 6.07) is 17.1. The number of para-hydroxylation sites is 1. The summed E-state index contributed by atoms with van der Waals surface area (Å²) in [5.74, 6) is 0.364. The van der Waals surface area contributed by atoms with Crippen LogP contribution in [0, 0.1) is 0 Å². The van der Waals surface area contributed by atoms with Gasteiger partial charge in [0.2, 0.25) is 5.91 Å². The van der Waals surface area contributed by atoms with Crippen molar-refractivity contribution in [2.75, 3.05) is 19.0 Å². The maximum atomic E-state index is 13.2. The van der Waals surface area contributed by atoms with Crippen molar-refractivity contribution in [1.29, 1.82) is 0 Å². The summed E-state index contributed by atoms with van der Waals surface area (Å²) in [6.45, 7) is 2.10. The summed E-state index contributed by atoms with van der Waals surface area (Å²) >= 11 is 1.33. The molecule has 2 aromatic heterocycles. The lowest BCUT2D eigenvalue weighted by molar-refractivity contribution is -0.133. The van der Waals surface area contributed by atoms with Gasteiger partial charge in [-0.3, -0.25) is 14.9 Å². The molecule has 1 aliphatic heterocycles. The lowest BCUT2D eigenvalue weighted by atomic mass is 9.93. The van der Waals surface area contributed by atoms with Gasteiger partial charge in [0.1, 0.15) is 11.4 Å². The molecule has 8 nitrogen and oxygen atoms in total. The Labute approximate surface area is 225 Å². The second kappa shape index (κ2) is 11.1. The zero-order valence-electron chi connectivity index (χ0n) is 21.2. The van der Waals surface area contributed by atoms with Gasteiger partial charge in [-0.2, -0.15) is 0 Å². The number of ether oxygens (including phenoxy) is 1. The van der Waals surface area contributed by atoms with Crippen molar-refractivity contribution in [2.45, 2.75) is 32.4 Å². The molecule has 1 aliphatic rings. The molecule has 2 aromatic carbocycles. The molecule has 38 heavy (non-hydrogen) atoms. The molecule has 0 radical (unpaired) electrons. The number of fused-ring (bicyclic) bond motifs is 1. The van der Waals surface area contributed by atoms with Gasteiger partial charge in [0.25, 0.3) is 5.91 Å². The lowest BCUT2D eigenvalue weighted by Gasteiger charge is -2.25. The molecule has 0 saturated heterocycles. The highest BCUT2D eigenvalue weighted by molar-refractivity contribution is 7.13. The third-order valence-electron chi connectivity index (χ3n) is 6.66. The van der Waals surface area contributed by atoms with Crippen molar-refractivity contribution >= 4 is 28.3 Å². The molecule has 3 heterocycles. The van der Waals surface area contributed by atoms with Crippen molar-refractivity contribution < 1.29 is 19.4 Å². The van der Waals surface area contributed by atoms with Gasteiger partial charge in [-0.15, -0.1) is 11.3 Å². The molecule has 0 spiro atoms. The number of thiazole rings is 1. The normalized spacial score (nSPS) is 14.3. The number of benzene rings is 2. The van der Waals surface area contributed by atoms with Gasteiger partial charge < -0.3 is 14.7 Å². The van der Waals surface area contributed by atoms with Gasteiger partial charge in [0, 0.05) is 47.8 Å². The molecule has 0 bridgehead atoms. The molecule has 9 heteroatoms. The zero-order chi connectivity index (χ0) is 26.6. The number of aliphatic hydroxyl groups is 1.